The fourth-order valence-electron chi connectivity index (χ4n) is 0.878. The van der Waals surface area contributed by atoms with Crippen LogP contribution in [-0.2, 0) is 0 Å². The van der Waals surface area contributed by atoms with Crippen molar-refractivity contribution < 1.29 is 0 Å². The molecule has 0 fully saturated rings. The van der Waals surface area contributed by atoms with Gasteiger partial charge in [-0.15, -0.1) is 34.0 Å². The molecule has 0 aliphatic rings. The van der Waals surface area contributed by atoms with Gasteiger partial charge in [0.15, 0.2) is 0 Å². The molecule has 0 aliphatic heterocycles. The average Bonchev–Trinajstić information content (AvgIpc) is 2.71. The first kappa shape index (κ1) is 9.03. The maximum atomic E-state index is 8.65. The van der Waals surface area contributed by atoms with Gasteiger partial charge in [-0.2, -0.15) is 5.26 Å². The molecule has 2 aromatic rings. The number of nitriles is 1. The van der Waals surface area contributed by atoms with Gasteiger partial charge >= 0.3 is 0 Å². The van der Waals surface area contributed by atoms with E-state index in [4.69, 9.17) is 17.5 Å². The minimum absolute atomic E-state index is 0.749. The van der Waals surface area contributed by atoms with E-state index in [1.807, 2.05) is 17.5 Å². The van der Waals surface area contributed by atoms with E-state index in [0.29, 0.717) is 0 Å². The second kappa shape index (κ2) is 3.68. The quantitative estimate of drug-likeness (QED) is 0.701. The maximum absolute atomic E-state index is 8.65. The second-order valence-corrected chi connectivity index (χ2v) is 6.43. The number of nitrogens with zero attached hydrogens (tertiary/aromatic N) is 1. The molecule has 0 spiro atoms. The van der Waals surface area contributed by atoms with Crippen molar-refractivity contribution in [2.45, 2.75) is 0 Å². The highest BCUT2D eigenvalue weighted by Gasteiger charge is 2.03. The van der Waals surface area contributed by atoms with E-state index in [0.717, 1.165) is 12.9 Å². The number of thiophene rings is 1. The Morgan fingerprint density at radius 1 is 1.23 bits per heavy atom. The van der Waals surface area contributed by atoms with E-state index in [1.54, 1.807) is 22.7 Å². The van der Waals surface area contributed by atoms with E-state index < -0.39 is 0 Å². The van der Waals surface area contributed by atoms with Crippen molar-refractivity contribution >= 4 is 46.2 Å². The average molecular weight is 241 g/mol. The van der Waals surface area contributed by atoms with Crippen LogP contribution in [0.5, 0.6) is 0 Å². The van der Waals surface area contributed by atoms with Crippen LogP contribution in [0.15, 0.2) is 17.5 Å². The third-order valence-corrected chi connectivity index (χ3v) is 5.06. The zero-order valence-electron chi connectivity index (χ0n) is 6.31. The summed E-state index contributed by atoms with van der Waals surface area (Å²) in [6.07, 6.45) is 0. The first-order valence-electron chi connectivity index (χ1n) is 3.38. The summed E-state index contributed by atoms with van der Waals surface area (Å²) in [5.41, 5.74) is 0. The van der Waals surface area contributed by atoms with E-state index in [1.165, 1.54) is 16.2 Å². The lowest BCUT2D eigenvalue weighted by Gasteiger charge is -1.84. The Morgan fingerprint density at radius 3 is 2.62 bits per heavy atom. The van der Waals surface area contributed by atoms with E-state index in [9.17, 15) is 0 Å². The van der Waals surface area contributed by atoms with Crippen molar-refractivity contribution in [3.05, 3.63) is 25.5 Å². The molecule has 0 N–H and O–H groups in total. The third-order valence-electron chi connectivity index (χ3n) is 1.41. The molecule has 0 saturated carbocycles. The minimum Gasteiger partial charge on any atom is -0.192 e. The number of rotatable bonds is 1. The minimum atomic E-state index is 0.749. The number of hydrogen-bond acceptors (Lipinski definition) is 5. The van der Waals surface area contributed by atoms with E-state index in [-0.39, 0.29) is 0 Å². The van der Waals surface area contributed by atoms with Gasteiger partial charge in [-0.25, -0.2) is 0 Å². The molecule has 0 radical (unpaired) electrons. The lowest BCUT2D eigenvalue weighted by atomic mass is 10.4. The second-order valence-electron chi connectivity index (χ2n) is 2.23. The van der Waals surface area contributed by atoms with Crippen LogP contribution in [0.4, 0.5) is 0 Å². The highest BCUT2D eigenvalue weighted by atomic mass is 32.2. The summed E-state index contributed by atoms with van der Waals surface area (Å²) in [6, 6.07) is 5.93. The van der Waals surface area contributed by atoms with Crippen molar-refractivity contribution in [2.75, 3.05) is 0 Å². The zero-order chi connectivity index (χ0) is 9.26. The Bertz CT molecular complexity index is 510. The molecule has 0 aliphatic carbocycles. The van der Waals surface area contributed by atoms with Crippen molar-refractivity contribution in [1.29, 1.82) is 5.26 Å². The Kier molecular flexibility index (Phi) is 2.56. The monoisotopic (exact) mass is 241 g/mol. The molecule has 0 bridgehead atoms. The van der Waals surface area contributed by atoms with Gasteiger partial charge in [-0.3, -0.25) is 0 Å². The van der Waals surface area contributed by atoms with Crippen molar-refractivity contribution in [2.24, 2.45) is 0 Å². The van der Waals surface area contributed by atoms with Crippen LogP contribution < -0.4 is 0 Å². The molecule has 64 valence electrons. The normalized spacial score (nSPS) is 9.77. The van der Waals surface area contributed by atoms with Gasteiger partial charge in [0.05, 0.1) is 4.88 Å². The highest BCUT2D eigenvalue weighted by molar-refractivity contribution is 7.76. The third kappa shape index (κ3) is 1.86. The Hall–Kier alpha value is -0.540. The molecule has 13 heavy (non-hydrogen) atoms. The van der Waals surface area contributed by atoms with Crippen LogP contribution in [0.3, 0.4) is 0 Å². The standard InChI is InChI=1S/C8H3NS4/c9-3-5-1-2-6(12-5)7-4-11-8(10)13-7/h1-2,4H. The predicted octanol–water partition coefficient (Wildman–Crippen LogP) is 4.14. The summed E-state index contributed by atoms with van der Waals surface area (Å²) in [7, 11) is 0. The summed E-state index contributed by atoms with van der Waals surface area (Å²) in [6.45, 7) is 0. The first-order valence-corrected chi connectivity index (χ1v) is 6.30. The molecule has 0 amide bonds. The van der Waals surface area contributed by atoms with Gasteiger partial charge in [-0.1, -0.05) is 12.2 Å². The van der Waals surface area contributed by atoms with Crippen molar-refractivity contribution in [1.82, 2.24) is 0 Å². The summed E-state index contributed by atoms with van der Waals surface area (Å²) in [4.78, 5) is 3.05. The van der Waals surface area contributed by atoms with Crippen LogP contribution in [-0.4, -0.2) is 0 Å². The van der Waals surface area contributed by atoms with Crippen LogP contribution >= 0.6 is 46.2 Å². The van der Waals surface area contributed by atoms with Gasteiger partial charge in [0.25, 0.3) is 0 Å². The Morgan fingerprint density at radius 2 is 2.08 bits per heavy atom. The largest absolute Gasteiger partial charge is 0.192 e. The lowest BCUT2D eigenvalue weighted by molar-refractivity contribution is 1.52. The topological polar surface area (TPSA) is 23.8 Å². The molecule has 2 heterocycles. The molecular weight excluding hydrogens is 238 g/mol. The maximum Gasteiger partial charge on any atom is 0.144 e. The molecule has 2 rings (SSSR count). The summed E-state index contributed by atoms with van der Waals surface area (Å²) in [5.74, 6) is 0. The first-order chi connectivity index (χ1) is 6.29. The van der Waals surface area contributed by atoms with Crippen molar-refractivity contribution in [3.63, 3.8) is 0 Å². The fraction of sp³-hybridized carbons (Fsp3) is 0. The van der Waals surface area contributed by atoms with Gasteiger partial charge in [-0.05, 0) is 12.1 Å². The summed E-state index contributed by atoms with van der Waals surface area (Å²) >= 11 is 9.73. The summed E-state index contributed by atoms with van der Waals surface area (Å²) < 4.78 is 0.932. The smallest absolute Gasteiger partial charge is 0.144 e. The molecule has 2 aromatic heterocycles. The highest BCUT2D eigenvalue weighted by Crippen LogP contribution is 2.33. The van der Waals surface area contributed by atoms with Crippen LogP contribution in [0.25, 0.3) is 9.75 Å². The fourth-order valence-corrected chi connectivity index (χ4v) is 3.95. The molecule has 5 heteroatoms. The summed E-state index contributed by atoms with van der Waals surface area (Å²) in [5, 5.41) is 10.7. The van der Waals surface area contributed by atoms with Gasteiger partial charge < -0.3 is 0 Å². The molecule has 0 saturated heterocycles. The van der Waals surface area contributed by atoms with Gasteiger partial charge in [0, 0.05) is 10.3 Å². The SMILES string of the molecule is N#Cc1ccc(-c2csc(=S)s2)s1. The van der Waals surface area contributed by atoms with Crippen LogP contribution in [0, 0.1) is 14.5 Å². The lowest BCUT2D eigenvalue weighted by Crippen LogP contribution is -1.55. The van der Waals surface area contributed by atoms with Gasteiger partial charge in [0.2, 0.25) is 0 Å². The molecule has 0 aromatic carbocycles. The predicted molar refractivity (Wildman–Crippen MR) is 61.1 cm³/mol. The Balaban J connectivity index is 2.48. The molecule has 0 unspecified atom stereocenters. The Labute approximate surface area is 92.5 Å². The molecule has 0 atom stereocenters. The van der Waals surface area contributed by atoms with E-state index >= 15 is 0 Å². The van der Waals surface area contributed by atoms with Crippen LogP contribution in [0.2, 0.25) is 0 Å². The van der Waals surface area contributed by atoms with Gasteiger partial charge in [0.1, 0.15) is 14.1 Å². The zero-order valence-corrected chi connectivity index (χ0v) is 9.58. The molecular formula is C8H3NS4. The van der Waals surface area contributed by atoms with Crippen LogP contribution in [0.1, 0.15) is 4.88 Å². The van der Waals surface area contributed by atoms with E-state index in [2.05, 4.69) is 6.07 Å². The molecule has 1 nitrogen and oxygen atoms in total. The van der Waals surface area contributed by atoms with Crippen molar-refractivity contribution in [3.8, 4) is 15.8 Å². The number of hydrogen-bond donors (Lipinski definition) is 0.